The Bertz CT molecular complexity index is 1050. The molecule has 5 rings (SSSR count). The van der Waals surface area contributed by atoms with Gasteiger partial charge >= 0.3 is 0 Å². The van der Waals surface area contributed by atoms with Crippen LogP contribution in [0.15, 0.2) is 30.6 Å². The minimum Gasteiger partial charge on any atom is -0.377 e. The minimum atomic E-state index is -0.432. The third-order valence-electron chi connectivity index (χ3n) is 6.07. The molecule has 7 heteroatoms. The smallest absolute Gasteiger partial charge is 0.130 e. The second-order valence-electron chi connectivity index (χ2n) is 7.72. The molecule has 142 valence electrons. The van der Waals surface area contributed by atoms with Gasteiger partial charge in [0.25, 0.3) is 0 Å². The van der Waals surface area contributed by atoms with Crippen molar-refractivity contribution in [2.75, 3.05) is 24.7 Å². The summed E-state index contributed by atoms with van der Waals surface area (Å²) >= 11 is 0. The zero-order chi connectivity index (χ0) is 19.1. The van der Waals surface area contributed by atoms with E-state index in [0.29, 0.717) is 13.2 Å². The predicted molar refractivity (Wildman–Crippen MR) is 106 cm³/mol. The van der Waals surface area contributed by atoms with Gasteiger partial charge in [0.2, 0.25) is 0 Å². The van der Waals surface area contributed by atoms with E-state index < -0.39 is 5.41 Å². The Morgan fingerprint density at radius 3 is 2.89 bits per heavy atom. The summed E-state index contributed by atoms with van der Waals surface area (Å²) in [4.78, 5) is 11.9. The third-order valence-corrected chi connectivity index (χ3v) is 6.07. The number of nitrogens with one attached hydrogen (secondary N) is 1. The number of hydrogen-bond donors (Lipinski definition) is 1. The molecule has 0 bridgehead atoms. The number of morpholine rings is 1. The van der Waals surface area contributed by atoms with Gasteiger partial charge in [0, 0.05) is 24.3 Å². The maximum Gasteiger partial charge on any atom is 0.130 e. The van der Waals surface area contributed by atoms with Gasteiger partial charge in [-0.2, -0.15) is 10.4 Å². The number of pyridine rings is 2. The normalized spacial score (nSPS) is 21.3. The molecule has 0 spiro atoms. The first kappa shape index (κ1) is 17.1. The maximum atomic E-state index is 10.0. The lowest BCUT2D eigenvalue weighted by Gasteiger charge is -2.39. The van der Waals surface area contributed by atoms with Gasteiger partial charge in [0.15, 0.2) is 0 Å². The maximum absolute atomic E-state index is 10.0. The lowest BCUT2D eigenvalue weighted by molar-refractivity contribution is 0.0985. The SMILES string of the molecule is C[C@@H]1COCCN1c1cc(C2(C#N)CCC2)c2ccnc(-c3ccn[nH]3)c2n1. The Balaban J connectivity index is 1.77. The van der Waals surface area contributed by atoms with Gasteiger partial charge in [-0.15, -0.1) is 0 Å². The fourth-order valence-electron chi connectivity index (χ4n) is 4.31. The van der Waals surface area contributed by atoms with Crippen LogP contribution in [0.5, 0.6) is 0 Å². The van der Waals surface area contributed by atoms with Crippen LogP contribution in [0.4, 0.5) is 5.82 Å². The van der Waals surface area contributed by atoms with Crippen LogP contribution < -0.4 is 4.90 Å². The number of aromatic amines is 1. The average Bonchev–Trinajstić information content (AvgIpc) is 3.22. The van der Waals surface area contributed by atoms with E-state index in [0.717, 1.165) is 59.5 Å². The molecule has 7 nitrogen and oxygen atoms in total. The monoisotopic (exact) mass is 374 g/mol. The van der Waals surface area contributed by atoms with Crippen LogP contribution in [0.1, 0.15) is 31.7 Å². The van der Waals surface area contributed by atoms with E-state index in [1.165, 1.54) is 0 Å². The number of hydrogen-bond acceptors (Lipinski definition) is 6. The van der Waals surface area contributed by atoms with Crippen LogP contribution in [0, 0.1) is 11.3 Å². The van der Waals surface area contributed by atoms with Crippen molar-refractivity contribution in [3.8, 4) is 17.5 Å². The van der Waals surface area contributed by atoms with Crippen LogP contribution >= 0.6 is 0 Å². The van der Waals surface area contributed by atoms with E-state index in [-0.39, 0.29) is 6.04 Å². The highest BCUT2D eigenvalue weighted by Crippen LogP contribution is 2.47. The number of rotatable bonds is 3. The summed E-state index contributed by atoms with van der Waals surface area (Å²) < 4.78 is 5.61. The van der Waals surface area contributed by atoms with E-state index in [9.17, 15) is 5.26 Å². The predicted octanol–water partition coefficient (Wildman–Crippen LogP) is 3.19. The van der Waals surface area contributed by atoms with Crippen molar-refractivity contribution >= 4 is 16.7 Å². The Hall–Kier alpha value is -2.98. The van der Waals surface area contributed by atoms with Crippen LogP contribution in [-0.4, -0.2) is 46.0 Å². The van der Waals surface area contributed by atoms with Crippen molar-refractivity contribution in [3.05, 3.63) is 36.2 Å². The summed E-state index contributed by atoms with van der Waals surface area (Å²) in [6.45, 7) is 4.30. The summed E-state index contributed by atoms with van der Waals surface area (Å²) in [6, 6.07) is 8.86. The van der Waals surface area contributed by atoms with Crippen LogP contribution in [0.3, 0.4) is 0 Å². The number of ether oxygens (including phenoxy) is 1. The molecular formula is C21H22N6O. The lowest BCUT2D eigenvalue weighted by atomic mass is 9.65. The molecule has 4 heterocycles. The van der Waals surface area contributed by atoms with E-state index in [1.54, 1.807) is 12.4 Å². The molecular weight excluding hydrogens is 352 g/mol. The number of anilines is 1. The Morgan fingerprint density at radius 2 is 2.21 bits per heavy atom. The van der Waals surface area contributed by atoms with Crippen molar-refractivity contribution < 1.29 is 4.74 Å². The van der Waals surface area contributed by atoms with Gasteiger partial charge in [-0.25, -0.2) is 4.98 Å². The van der Waals surface area contributed by atoms with Gasteiger partial charge in [0.1, 0.15) is 17.0 Å². The largest absolute Gasteiger partial charge is 0.377 e. The lowest BCUT2D eigenvalue weighted by Crippen LogP contribution is -2.44. The zero-order valence-electron chi connectivity index (χ0n) is 15.9. The number of aromatic nitrogens is 4. The Kier molecular flexibility index (Phi) is 4.02. The average molecular weight is 374 g/mol. The van der Waals surface area contributed by atoms with Crippen molar-refractivity contribution in [2.24, 2.45) is 0 Å². The molecule has 0 aromatic carbocycles. The molecule has 1 saturated heterocycles. The zero-order valence-corrected chi connectivity index (χ0v) is 15.9. The minimum absolute atomic E-state index is 0.234. The van der Waals surface area contributed by atoms with Crippen molar-refractivity contribution in [2.45, 2.75) is 37.6 Å². The number of nitrogens with zero attached hydrogens (tertiary/aromatic N) is 5. The van der Waals surface area contributed by atoms with E-state index in [2.05, 4.69) is 39.1 Å². The first-order chi connectivity index (χ1) is 13.7. The van der Waals surface area contributed by atoms with Crippen LogP contribution in [-0.2, 0) is 10.2 Å². The van der Waals surface area contributed by atoms with Gasteiger partial charge in [0.05, 0.1) is 36.4 Å². The van der Waals surface area contributed by atoms with Crippen LogP contribution in [0.2, 0.25) is 0 Å². The Labute approximate surface area is 163 Å². The molecule has 1 aliphatic heterocycles. The summed E-state index contributed by atoms with van der Waals surface area (Å²) in [5.74, 6) is 0.897. The number of fused-ring (bicyclic) bond motifs is 1. The Morgan fingerprint density at radius 1 is 1.32 bits per heavy atom. The van der Waals surface area contributed by atoms with Gasteiger partial charge < -0.3 is 9.64 Å². The molecule has 2 fully saturated rings. The summed E-state index contributed by atoms with van der Waals surface area (Å²) in [5, 5.41) is 18.1. The standard InChI is InChI=1S/C21H22N6O/c1-14-12-28-10-9-27(14)18-11-16(21(13-22)5-2-6-21)15-3-7-23-20(19(15)25-18)17-4-8-24-26-17/h3-4,7-8,11,14H,2,5-6,9-10,12H2,1H3,(H,24,26)/t14-/m1/s1. The second-order valence-corrected chi connectivity index (χ2v) is 7.72. The van der Waals surface area contributed by atoms with Gasteiger partial charge in [-0.1, -0.05) is 0 Å². The first-order valence-corrected chi connectivity index (χ1v) is 9.77. The van der Waals surface area contributed by atoms with Gasteiger partial charge in [-0.3, -0.25) is 10.1 Å². The molecule has 28 heavy (non-hydrogen) atoms. The van der Waals surface area contributed by atoms with Crippen molar-refractivity contribution in [1.82, 2.24) is 20.2 Å². The first-order valence-electron chi connectivity index (χ1n) is 9.77. The highest BCUT2D eigenvalue weighted by molar-refractivity contribution is 5.94. The fraction of sp³-hybridized carbons (Fsp3) is 0.429. The fourth-order valence-corrected chi connectivity index (χ4v) is 4.31. The topological polar surface area (TPSA) is 90.7 Å². The summed E-state index contributed by atoms with van der Waals surface area (Å²) in [5.41, 5.74) is 3.06. The van der Waals surface area contributed by atoms with Crippen LogP contribution in [0.25, 0.3) is 22.3 Å². The molecule has 3 aromatic rings. The van der Waals surface area contributed by atoms with Gasteiger partial charge in [-0.05, 0) is 49.9 Å². The molecule has 3 aromatic heterocycles. The van der Waals surface area contributed by atoms with E-state index >= 15 is 0 Å². The number of H-pyrrole nitrogens is 1. The van der Waals surface area contributed by atoms with Crippen molar-refractivity contribution in [3.63, 3.8) is 0 Å². The quantitative estimate of drug-likeness (QED) is 0.757. The molecule has 1 N–H and O–H groups in total. The molecule has 0 amide bonds. The molecule has 1 aliphatic carbocycles. The third kappa shape index (κ3) is 2.56. The molecule has 2 aliphatic rings. The van der Waals surface area contributed by atoms with E-state index in [4.69, 9.17) is 9.72 Å². The molecule has 0 unspecified atom stereocenters. The second kappa shape index (κ2) is 6.57. The molecule has 1 saturated carbocycles. The highest BCUT2D eigenvalue weighted by Gasteiger charge is 2.41. The highest BCUT2D eigenvalue weighted by atomic mass is 16.5. The van der Waals surface area contributed by atoms with E-state index in [1.807, 2.05) is 12.1 Å². The summed E-state index contributed by atoms with van der Waals surface area (Å²) in [6.07, 6.45) is 6.38. The number of nitriles is 1. The summed E-state index contributed by atoms with van der Waals surface area (Å²) in [7, 11) is 0. The molecule has 0 radical (unpaired) electrons. The van der Waals surface area contributed by atoms with Crippen molar-refractivity contribution in [1.29, 1.82) is 5.26 Å². The molecule has 1 atom stereocenters.